The number of hydrogen-bond donors (Lipinski definition) is 2. The average Bonchev–Trinajstić information content (AvgIpc) is 3.41. The van der Waals surface area contributed by atoms with Crippen LogP contribution >= 0.6 is 0 Å². The molecule has 5 nitrogen and oxygen atoms in total. The van der Waals surface area contributed by atoms with Crippen molar-refractivity contribution in [1.82, 2.24) is 10.2 Å². The first-order chi connectivity index (χ1) is 19.4. The van der Waals surface area contributed by atoms with E-state index in [4.69, 9.17) is 5.73 Å². The number of likely N-dealkylation sites (tertiary alicyclic amines) is 1. The Hall–Kier alpha value is -3.96. The maximum Gasteiger partial charge on any atom is 0.228 e. The van der Waals surface area contributed by atoms with E-state index in [0.29, 0.717) is 38.9 Å². The van der Waals surface area contributed by atoms with Crippen LogP contribution in [-0.2, 0) is 26.8 Å². The topological polar surface area (TPSA) is 75.4 Å². The van der Waals surface area contributed by atoms with Gasteiger partial charge < -0.3 is 11.1 Å². The number of nitrogens with one attached hydrogen (secondary N) is 1. The number of nitrogens with two attached hydrogens (primary N) is 1. The summed E-state index contributed by atoms with van der Waals surface area (Å²) in [5, 5.41) is 5.58. The van der Waals surface area contributed by atoms with Crippen molar-refractivity contribution in [2.75, 3.05) is 19.6 Å². The van der Waals surface area contributed by atoms with Crippen LogP contribution in [-0.4, -0.2) is 41.9 Å². The van der Waals surface area contributed by atoms with Gasteiger partial charge in [-0.1, -0.05) is 103 Å². The van der Waals surface area contributed by atoms with Crippen LogP contribution in [0.1, 0.15) is 42.9 Å². The summed E-state index contributed by atoms with van der Waals surface area (Å²) in [6.07, 6.45) is 2.49. The van der Waals surface area contributed by atoms with Gasteiger partial charge in [0, 0.05) is 37.0 Å². The van der Waals surface area contributed by atoms with Gasteiger partial charge in [0.05, 0.1) is 5.41 Å². The molecule has 2 amide bonds. The molecule has 0 aliphatic carbocycles. The molecule has 0 radical (unpaired) electrons. The third-order valence-electron chi connectivity index (χ3n) is 9.89. The SMILES string of the molecule is CC(Cc1ccccc1)(N1CCC(C(N)=O)(c2ccccc2)CC1)C1(c2ccc3ccccc3c2)CNC(=O)C1. The zero-order chi connectivity index (χ0) is 27.8. The molecule has 4 aromatic rings. The molecule has 0 saturated carbocycles. The van der Waals surface area contributed by atoms with E-state index in [2.05, 4.69) is 83.9 Å². The fourth-order valence-corrected chi connectivity index (χ4v) is 7.42. The Labute approximate surface area is 236 Å². The Balaban J connectivity index is 1.45. The molecule has 3 N–H and O–H groups in total. The molecule has 5 heteroatoms. The number of benzene rings is 4. The van der Waals surface area contributed by atoms with E-state index in [1.807, 2.05) is 36.4 Å². The van der Waals surface area contributed by atoms with Gasteiger partial charge in [0.2, 0.25) is 11.8 Å². The smallest absolute Gasteiger partial charge is 0.228 e. The fourth-order valence-electron chi connectivity index (χ4n) is 7.42. The standard InChI is InChI=1S/C35H37N3O2/c1-33(23-26-10-4-2-5-11-26,38-20-18-34(19-21-38,32(36)40)29-14-6-3-7-15-29)35(24-31(39)37-25-35)30-17-16-27-12-8-9-13-28(27)22-30/h2-17,22H,18-21,23-25H2,1H3,(H2,36,40)(H,37,39). The monoisotopic (exact) mass is 531 g/mol. The van der Waals surface area contributed by atoms with E-state index in [1.165, 1.54) is 21.9 Å². The molecule has 2 atom stereocenters. The van der Waals surface area contributed by atoms with Crippen LogP contribution in [0.4, 0.5) is 0 Å². The average molecular weight is 532 g/mol. The number of carbonyl (C=O) groups is 2. The summed E-state index contributed by atoms with van der Waals surface area (Å²) in [6, 6.07) is 35.6. The Morgan fingerprint density at radius 1 is 0.850 bits per heavy atom. The summed E-state index contributed by atoms with van der Waals surface area (Å²) < 4.78 is 0. The predicted octanol–water partition coefficient (Wildman–Crippen LogP) is 5.12. The van der Waals surface area contributed by atoms with E-state index in [-0.39, 0.29) is 11.8 Å². The van der Waals surface area contributed by atoms with Crippen LogP contribution in [0, 0.1) is 0 Å². The first-order valence-corrected chi connectivity index (χ1v) is 14.3. The van der Waals surface area contributed by atoms with Gasteiger partial charge in [-0.15, -0.1) is 0 Å². The van der Waals surface area contributed by atoms with Gasteiger partial charge in [0.15, 0.2) is 0 Å². The first kappa shape index (κ1) is 26.3. The van der Waals surface area contributed by atoms with Crippen molar-refractivity contribution in [3.8, 4) is 0 Å². The lowest BCUT2D eigenvalue weighted by atomic mass is 9.60. The fraction of sp³-hybridized carbons (Fsp3) is 0.314. The molecule has 204 valence electrons. The van der Waals surface area contributed by atoms with Gasteiger partial charge in [0.1, 0.15) is 0 Å². The number of fused-ring (bicyclic) bond motifs is 1. The molecule has 40 heavy (non-hydrogen) atoms. The summed E-state index contributed by atoms with van der Waals surface area (Å²) in [4.78, 5) is 28.6. The lowest BCUT2D eigenvalue weighted by Gasteiger charge is -2.56. The van der Waals surface area contributed by atoms with E-state index in [0.717, 1.165) is 12.0 Å². The minimum atomic E-state index is -0.689. The summed E-state index contributed by atoms with van der Waals surface area (Å²) in [6.45, 7) is 4.33. The Bertz CT molecular complexity index is 1530. The third kappa shape index (κ3) is 4.29. The van der Waals surface area contributed by atoms with Gasteiger partial charge in [-0.2, -0.15) is 0 Å². The molecule has 2 heterocycles. The molecule has 2 unspecified atom stereocenters. The largest absolute Gasteiger partial charge is 0.369 e. The van der Waals surface area contributed by atoms with Crippen LogP contribution in [0.3, 0.4) is 0 Å². The van der Waals surface area contributed by atoms with Crippen molar-refractivity contribution in [3.05, 3.63) is 120 Å². The van der Waals surface area contributed by atoms with Gasteiger partial charge in [-0.25, -0.2) is 0 Å². The van der Waals surface area contributed by atoms with Crippen LogP contribution < -0.4 is 11.1 Å². The number of carbonyl (C=O) groups excluding carboxylic acids is 2. The van der Waals surface area contributed by atoms with E-state index >= 15 is 0 Å². The molecule has 0 bridgehead atoms. The van der Waals surface area contributed by atoms with Gasteiger partial charge in [-0.05, 0) is 53.6 Å². The second-order valence-corrected chi connectivity index (χ2v) is 11.8. The van der Waals surface area contributed by atoms with Crippen molar-refractivity contribution in [1.29, 1.82) is 0 Å². The molecular weight excluding hydrogens is 494 g/mol. The highest BCUT2D eigenvalue weighted by Crippen LogP contribution is 2.49. The normalized spacial score (nSPS) is 22.5. The molecule has 2 fully saturated rings. The molecule has 2 aliphatic rings. The van der Waals surface area contributed by atoms with Crippen LogP contribution in [0.15, 0.2) is 103 Å². The third-order valence-corrected chi connectivity index (χ3v) is 9.89. The molecule has 0 aromatic heterocycles. The highest BCUT2D eigenvalue weighted by atomic mass is 16.2. The van der Waals surface area contributed by atoms with Gasteiger partial charge >= 0.3 is 0 Å². The second-order valence-electron chi connectivity index (χ2n) is 11.8. The molecule has 0 spiro atoms. The number of rotatable bonds is 7. The Morgan fingerprint density at radius 3 is 2.10 bits per heavy atom. The van der Waals surface area contributed by atoms with E-state index in [1.54, 1.807) is 0 Å². The number of nitrogens with zero attached hydrogens (tertiary/aromatic N) is 1. The van der Waals surface area contributed by atoms with E-state index in [9.17, 15) is 9.59 Å². The molecule has 2 saturated heterocycles. The lowest BCUT2D eigenvalue weighted by Crippen LogP contribution is -2.66. The quantitative estimate of drug-likeness (QED) is 0.348. The van der Waals surface area contributed by atoms with Crippen LogP contribution in [0.25, 0.3) is 10.8 Å². The second kappa shape index (κ2) is 10.2. The van der Waals surface area contributed by atoms with Gasteiger partial charge in [0.25, 0.3) is 0 Å². The van der Waals surface area contributed by atoms with Gasteiger partial charge in [-0.3, -0.25) is 14.5 Å². The number of primary amides is 1. The number of amides is 2. The summed E-state index contributed by atoms with van der Waals surface area (Å²) in [5.41, 5.74) is 7.97. The molecule has 6 rings (SSSR count). The Kier molecular flexibility index (Phi) is 6.71. The summed E-state index contributed by atoms with van der Waals surface area (Å²) >= 11 is 0. The van der Waals surface area contributed by atoms with Crippen molar-refractivity contribution < 1.29 is 9.59 Å². The lowest BCUT2D eigenvalue weighted by molar-refractivity contribution is -0.126. The summed E-state index contributed by atoms with van der Waals surface area (Å²) in [7, 11) is 0. The van der Waals surface area contributed by atoms with Crippen LogP contribution in [0.5, 0.6) is 0 Å². The predicted molar refractivity (Wildman–Crippen MR) is 160 cm³/mol. The maximum absolute atomic E-state index is 13.1. The van der Waals surface area contributed by atoms with Crippen molar-refractivity contribution >= 4 is 22.6 Å². The Morgan fingerprint density at radius 2 is 1.48 bits per heavy atom. The molecule has 4 aromatic carbocycles. The van der Waals surface area contributed by atoms with Crippen molar-refractivity contribution in [2.24, 2.45) is 5.73 Å². The van der Waals surface area contributed by atoms with Crippen LogP contribution in [0.2, 0.25) is 0 Å². The number of hydrogen-bond acceptors (Lipinski definition) is 3. The summed E-state index contributed by atoms with van der Waals surface area (Å²) in [5.74, 6) is -0.176. The zero-order valence-corrected chi connectivity index (χ0v) is 23.1. The minimum Gasteiger partial charge on any atom is -0.369 e. The highest BCUT2D eigenvalue weighted by Gasteiger charge is 2.57. The first-order valence-electron chi connectivity index (χ1n) is 14.3. The molecule has 2 aliphatic heterocycles. The number of piperidine rings is 1. The highest BCUT2D eigenvalue weighted by molar-refractivity contribution is 5.87. The van der Waals surface area contributed by atoms with E-state index < -0.39 is 16.4 Å². The van der Waals surface area contributed by atoms with Crippen molar-refractivity contribution in [3.63, 3.8) is 0 Å². The van der Waals surface area contributed by atoms with Crippen molar-refractivity contribution in [2.45, 2.75) is 49.0 Å². The maximum atomic E-state index is 13.1. The minimum absolute atomic E-state index is 0.0835. The molecular formula is C35H37N3O2. The zero-order valence-electron chi connectivity index (χ0n) is 23.1.